The Bertz CT molecular complexity index is 1090. The molecule has 5 nitrogen and oxygen atoms in total. The van der Waals surface area contributed by atoms with Gasteiger partial charge >= 0.3 is 0 Å². The van der Waals surface area contributed by atoms with E-state index in [1.165, 1.54) is 23.5 Å². The van der Waals surface area contributed by atoms with Crippen LogP contribution in [-0.4, -0.2) is 25.1 Å². The third kappa shape index (κ3) is 4.08. The van der Waals surface area contributed by atoms with Crippen LogP contribution in [0.1, 0.15) is 17.0 Å². The van der Waals surface area contributed by atoms with Gasteiger partial charge in [0.2, 0.25) is 5.91 Å². The van der Waals surface area contributed by atoms with E-state index in [4.69, 9.17) is 0 Å². The summed E-state index contributed by atoms with van der Waals surface area (Å²) in [6, 6.07) is 9.09. The van der Waals surface area contributed by atoms with Gasteiger partial charge in [-0.3, -0.25) is 4.79 Å². The molecule has 0 atom stereocenters. The van der Waals surface area contributed by atoms with Crippen molar-refractivity contribution in [3.8, 4) is 0 Å². The monoisotopic (exact) mass is 392 g/mol. The predicted octanol–water partition coefficient (Wildman–Crippen LogP) is 3.85. The lowest BCUT2D eigenvalue weighted by Crippen LogP contribution is -2.17. The summed E-state index contributed by atoms with van der Waals surface area (Å²) in [5, 5.41) is 3.38. The fourth-order valence-electron chi connectivity index (χ4n) is 2.45. The molecule has 0 aliphatic carbocycles. The topological polar surface area (TPSA) is 76.1 Å². The maximum absolute atomic E-state index is 13.5. The minimum atomic E-state index is -3.60. The number of hydrogen-bond donors (Lipinski definition) is 1. The van der Waals surface area contributed by atoms with Gasteiger partial charge in [0.1, 0.15) is 5.82 Å². The van der Waals surface area contributed by atoms with Crippen LogP contribution in [0.3, 0.4) is 0 Å². The predicted molar refractivity (Wildman–Crippen MR) is 101 cm³/mol. The molecule has 3 rings (SSSR count). The Morgan fingerprint density at radius 1 is 1.19 bits per heavy atom. The van der Waals surface area contributed by atoms with Crippen molar-refractivity contribution in [3.63, 3.8) is 0 Å². The van der Waals surface area contributed by atoms with E-state index in [1.54, 1.807) is 31.2 Å². The molecule has 0 fully saturated rings. The van der Waals surface area contributed by atoms with Gasteiger partial charge in [-0.2, -0.15) is 0 Å². The first-order valence-electron chi connectivity index (χ1n) is 7.90. The minimum absolute atomic E-state index is 0.169. The molecule has 1 aromatic heterocycles. The van der Waals surface area contributed by atoms with Gasteiger partial charge in [0, 0.05) is 12.1 Å². The summed E-state index contributed by atoms with van der Waals surface area (Å²) in [4.78, 5) is 16.5. The van der Waals surface area contributed by atoms with E-state index in [2.05, 4.69) is 10.3 Å². The first kappa shape index (κ1) is 18.5. The van der Waals surface area contributed by atoms with E-state index >= 15 is 0 Å². The molecule has 1 heterocycles. The number of nitrogens with zero attached hydrogens (tertiary/aromatic N) is 1. The molecule has 2 aromatic carbocycles. The van der Waals surface area contributed by atoms with Crippen LogP contribution in [0.5, 0.6) is 0 Å². The molecule has 8 heteroatoms. The summed E-state index contributed by atoms with van der Waals surface area (Å²) in [6.07, 6.45) is -0.211. The van der Waals surface area contributed by atoms with Gasteiger partial charge in [0.15, 0.2) is 9.84 Å². The molecule has 1 amide bonds. The second-order valence-electron chi connectivity index (χ2n) is 5.94. The van der Waals surface area contributed by atoms with Gasteiger partial charge < -0.3 is 5.32 Å². The smallest absolute Gasteiger partial charge is 0.225 e. The Labute approximate surface area is 154 Å². The van der Waals surface area contributed by atoms with Crippen molar-refractivity contribution in [2.75, 3.05) is 11.1 Å². The van der Waals surface area contributed by atoms with Crippen molar-refractivity contribution in [3.05, 3.63) is 52.8 Å². The lowest BCUT2D eigenvalue weighted by Gasteiger charge is -2.07. The van der Waals surface area contributed by atoms with Crippen LogP contribution >= 0.6 is 11.3 Å². The van der Waals surface area contributed by atoms with Crippen LogP contribution in [-0.2, 0) is 14.6 Å². The number of amides is 1. The van der Waals surface area contributed by atoms with Crippen LogP contribution < -0.4 is 5.32 Å². The summed E-state index contributed by atoms with van der Waals surface area (Å²) in [5.74, 6) is -1.23. The number of nitrogens with one attached hydrogen (secondary N) is 1. The first-order chi connectivity index (χ1) is 12.2. The third-order valence-corrected chi connectivity index (χ3v) is 6.53. The number of fused-ring (bicyclic) bond motifs is 1. The fraction of sp³-hybridized carbons (Fsp3) is 0.222. The summed E-state index contributed by atoms with van der Waals surface area (Å²) in [7, 11) is -3.60. The Kier molecular flexibility index (Phi) is 5.06. The Balaban J connectivity index is 1.68. The molecular formula is C18H17FN2O3S2. The third-order valence-electron chi connectivity index (χ3n) is 3.88. The lowest BCUT2D eigenvalue weighted by atomic mass is 10.2. The molecule has 1 N–H and O–H groups in total. The largest absolute Gasteiger partial charge is 0.326 e. The summed E-state index contributed by atoms with van der Waals surface area (Å²) < 4.78 is 39.3. The number of halogens is 1. The zero-order valence-electron chi connectivity index (χ0n) is 14.2. The lowest BCUT2D eigenvalue weighted by molar-refractivity contribution is -0.115. The Morgan fingerprint density at radius 3 is 2.69 bits per heavy atom. The van der Waals surface area contributed by atoms with Crippen LogP contribution in [0.15, 0.2) is 41.3 Å². The van der Waals surface area contributed by atoms with Crippen molar-refractivity contribution in [2.24, 2.45) is 0 Å². The quantitative estimate of drug-likeness (QED) is 0.715. The zero-order valence-corrected chi connectivity index (χ0v) is 15.9. The molecule has 3 aromatic rings. The van der Waals surface area contributed by atoms with Crippen molar-refractivity contribution in [1.29, 1.82) is 0 Å². The van der Waals surface area contributed by atoms with Crippen LogP contribution in [0.4, 0.5) is 10.1 Å². The molecular weight excluding hydrogens is 375 g/mol. The number of rotatable bonds is 5. The van der Waals surface area contributed by atoms with Crippen molar-refractivity contribution in [1.82, 2.24) is 4.98 Å². The van der Waals surface area contributed by atoms with Crippen molar-refractivity contribution < 1.29 is 17.6 Å². The number of anilines is 1. The average molecular weight is 392 g/mol. The molecule has 136 valence electrons. The van der Waals surface area contributed by atoms with E-state index in [0.29, 0.717) is 11.3 Å². The number of sulfone groups is 1. The highest BCUT2D eigenvalue weighted by atomic mass is 32.2. The van der Waals surface area contributed by atoms with Crippen LogP contribution in [0.2, 0.25) is 0 Å². The molecule has 0 saturated heterocycles. The molecule has 0 radical (unpaired) electrons. The van der Waals surface area contributed by atoms with Gasteiger partial charge in [-0.25, -0.2) is 17.8 Å². The highest BCUT2D eigenvalue weighted by Crippen LogP contribution is 2.25. The summed E-state index contributed by atoms with van der Waals surface area (Å²) in [6.45, 7) is 3.48. The summed E-state index contributed by atoms with van der Waals surface area (Å²) >= 11 is 1.42. The number of carbonyl (C=O) groups excluding carboxylic acids is 1. The highest BCUT2D eigenvalue weighted by molar-refractivity contribution is 7.91. The number of aryl methyl sites for hydroxylation is 2. The second-order valence-corrected chi connectivity index (χ2v) is 9.29. The number of hydrogen-bond acceptors (Lipinski definition) is 5. The van der Waals surface area contributed by atoms with Crippen molar-refractivity contribution in [2.45, 2.75) is 25.2 Å². The van der Waals surface area contributed by atoms with E-state index in [-0.39, 0.29) is 17.1 Å². The average Bonchev–Trinajstić information content (AvgIpc) is 2.95. The maximum Gasteiger partial charge on any atom is 0.225 e. The van der Waals surface area contributed by atoms with Gasteiger partial charge in [-0.15, -0.1) is 11.3 Å². The fourth-order valence-corrected chi connectivity index (χ4v) is 4.66. The van der Waals surface area contributed by atoms with E-state index in [1.807, 2.05) is 6.92 Å². The number of aromatic nitrogens is 1. The Hall–Kier alpha value is -2.32. The molecule has 26 heavy (non-hydrogen) atoms. The Morgan fingerprint density at radius 2 is 1.96 bits per heavy atom. The number of benzene rings is 2. The minimum Gasteiger partial charge on any atom is -0.326 e. The number of carbonyl (C=O) groups is 1. The molecule has 0 bridgehead atoms. The van der Waals surface area contributed by atoms with Gasteiger partial charge in [-0.1, -0.05) is 6.07 Å². The molecule has 0 aliphatic rings. The van der Waals surface area contributed by atoms with Crippen molar-refractivity contribution >= 4 is 43.0 Å². The van der Waals surface area contributed by atoms with E-state index in [0.717, 1.165) is 15.2 Å². The van der Waals surface area contributed by atoms with E-state index in [9.17, 15) is 17.6 Å². The number of thiazole rings is 1. The summed E-state index contributed by atoms with van der Waals surface area (Å²) in [5.41, 5.74) is 1.53. The standard InChI is InChI=1S/C18H17FN2O3S2/c1-11-3-4-13(9-15(11)19)21-18(22)7-8-26(23,24)14-5-6-16-17(10-14)25-12(2)20-16/h3-6,9-10H,7-8H2,1-2H3,(H,21,22). The van der Waals surface area contributed by atoms with E-state index < -0.39 is 21.6 Å². The van der Waals surface area contributed by atoms with Gasteiger partial charge in [0.05, 0.1) is 25.9 Å². The molecule has 0 unspecified atom stereocenters. The molecule has 0 spiro atoms. The van der Waals surface area contributed by atoms with Gasteiger partial charge in [0.25, 0.3) is 0 Å². The first-order valence-corrected chi connectivity index (χ1v) is 10.4. The zero-order chi connectivity index (χ0) is 18.9. The maximum atomic E-state index is 13.5. The second kappa shape index (κ2) is 7.13. The van der Waals surface area contributed by atoms with Gasteiger partial charge in [-0.05, 0) is 49.7 Å². The van der Waals surface area contributed by atoms with Crippen LogP contribution in [0, 0.1) is 19.7 Å². The normalized spacial score (nSPS) is 11.7. The van der Waals surface area contributed by atoms with Crippen LogP contribution in [0.25, 0.3) is 10.2 Å². The molecule has 0 aliphatic heterocycles. The SMILES string of the molecule is Cc1nc2ccc(S(=O)(=O)CCC(=O)Nc3ccc(C)c(F)c3)cc2s1. The molecule has 0 saturated carbocycles. The highest BCUT2D eigenvalue weighted by Gasteiger charge is 2.18.